The summed E-state index contributed by atoms with van der Waals surface area (Å²) in [5.74, 6) is 0.647. The molecule has 3 heteroatoms. The summed E-state index contributed by atoms with van der Waals surface area (Å²) in [6, 6.07) is 5.48. The number of carbonyl (C=O) groups excluding carboxylic acids is 1. The summed E-state index contributed by atoms with van der Waals surface area (Å²) in [5, 5.41) is 0. The molecule has 94 valence electrons. The maximum absolute atomic E-state index is 12.1. The fraction of sp³-hybridized carbons (Fsp3) is 0.500. The van der Waals surface area contributed by atoms with Crippen molar-refractivity contribution < 1.29 is 4.79 Å². The molecule has 0 bridgehead atoms. The van der Waals surface area contributed by atoms with Gasteiger partial charge in [0.25, 0.3) is 5.91 Å². The molecule has 0 fully saturated rings. The van der Waals surface area contributed by atoms with Gasteiger partial charge in [-0.15, -0.1) is 0 Å². The zero-order chi connectivity index (χ0) is 13.0. The van der Waals surface area contributed by atoms with Crippen molar-refractivity contribution in [3.63, 3.8) is 0 Å². The molecule has 0 radical (unpaired) electrons. The highest BCUT2D eigenvalue weighted by Crippen LogP contribution is 2.13. The van der Waals surface area contributed by atoms with E-state index >= 15 is 0 Å². The number of amides is 1. The van der Waals surface area contributed by atoms with Gasteiger partial charge in [0.05, 0.1) is 0 Å². The number of hydrogen-bond donors (Lipinski definition) is 1. The van der Waals surface area contributed by atoms with E-state index in [9.17, 15) is 4.79 Å². The van der Waals surface area contributed by atoms with Crippen LogP contribution in [-0.4, -0.2) is 24.4 Å². The van der Waals surface area contributed by atoms with E-state index < -0.39 is 0 Å². The van der Waals surface area contributed by atoms with Crippen molar-refractivity contribution in [2.45, 2.75) is 27.2 Å². The molecule has 1 rings (SSSR count). The molecule has 0 saturated heterocycles. The number of nitrogens with zero attached hydrogens (tertiary/aromatic N) is 1. The van der Waals surface area contributed by atoms with E-state index in [0.717, 1.165) is 18.5 Å². The average molecular weight is 234 g/mol. The molecule has 0 heterocycles. The van der Waals surface area contributed by atoms with Gasteiger partial charge in [-0.2, -0.15) is 0 Å². The SMILES string of the molecule is Cc1cc(N)cc(C(=O)N(C)CCC(C)C)c1. The Kier molecular flexibility index (Phi) is 4.55. The Labute approximate surface area is 104 Å². The first-order valence-corrected chi connectivity index (χ1v) is 6.02. The monoisotopic (exact) mass is 234 g/mol. The van der Waals surface area contributed by atoms with Crippen molar-refractivity contribution in [3.8, 4) is 0 Å². The first kappa shape index (κ1) is 13.6. The molecule has 1 aromatic carbocycles. The number of benzene rings is 1. The van der Waals surface area contributed by atoms with E-state index in [-0.39, 0.29) is 5.91 Å². The van der Waals surface area contributed by atoms with Crippen molar-refractivity contribution in [1.82, 2.24) is 4.90 Å². The lowest BCUT2D eigenvalue weighted by Gasteiger charge is -2.18. The Morgan fingerprint density at radius 1 is 1.35 bits per heavy atom. The molecule has 0 aliphatic carbocycles. The van der Waals surface area contributed by atoms with Crippen LogP contribution < -0.4 is 5.73 Å². The summed E-state index contributed by atoms with van der Waals surface area (Å²) in [6.45, 7) is 7.04. The van der Waals surface area contributed by atoms with Crippen molar-refractivity contribution >= 4 is 11.6 Å². The number of rotatable bonds is 4. The fourth-order valence-corrected chi connectivity index (χ4v) is 1.71. The smallest absolute Gasteiger partial charge is 0.253 e. The number of aryl methyl sites for hydroxylation is 1. The van der Waals surface area contributed by atoms with E-state index in [2.05, 4.69) is 13.8 Å². The van der Waals surface area contributed by atoms with Gasteiger partial charge in [0, 0.05) is 24.8 Å². The molecule has 1 amide bonds. The maximum atomic E-state index is 12.1. The lowest BCUT2D eigenvalue weighted by atomic mass is 10.1. The van der Waals surface area contributed by atoms with Crippen molar-refractivity contribution in [3.05, 3.63) is 29.3 Å². The van der Waals surface area contributed by atoms with Crippen LogP contribution in [0.4, 0.5) is 5.69 Å². The summed E-state index contributed by atoms with van der Waals surface area (Å²) >= 11 is 0. The lowest BCUT2D eigenvalue weighted by Crippen LogP contribution is -2.28. The molecular formula is C14H22N2O. The lowest BCUT2D eigenvalue weighted by molar-refractivity contribution is 0.0789. The molecule has 0 unspecified atom stereocenters. The van der Waals surface area contributed by atoms with E-state index in [1.54, 1.807) is 11.0 Å². The van der Waals surface area contributed by atoms with Crippen molar-refractivity contribution in [2.75, 3.05) is 19.3 Å². The predicted octanol–water partition coefficient (Wildman–Crippen LogP) is 2.70. The van der Waals surface area contributed by atoms with Crippen LogP contribution in [0.2, 0.25) is 0 Å². The standard InChI is InChI=1S/C14H22N2O/c1-10(2)5-6-16(4)14(17)12-7-11(3)8-13(15)9-12/h7-10H,5-6,15H2,1-4H3. The number of anilines is 1. The Bertz CT molecular complexity index is 379. The summed E-state index contributed by atoms with van der Waals surface area (Å²) in [7, 11) is 1.84. The van der Waals surface area contributed by atoms with Crippen LogP contribution in [0.15, 0.2) is 18.2 Å². The zero-order valence-electron chi connectivity index (χ0n) is 11.2. The highest BCUT2D eigenvalue weighted by atomic mass is 16.2. The molecule has 2 N–H and O–H groups in total. The number of carbonyl (C=O) groups is 1. The average Bonchev–Trinajstić information content (AvgIpc) is 2.23. The van der Waals surface area contributed by atoms with Crippen LogP contribution in [-0.2, 0) is 0 Å². The Morgan fingerprint density at radius 3 is 2.53 bits per heavy atom. The van der Waals surface area contributed by atoms with Gasteiger partial charge in [0.2, 0.25) is 0 Å². The number of nitrogen functional groups attached to an aromatic ring is 1. The molecule has 17 heavy (non-hydrogen) atoms. The topological polar surface area (TPSA) is 46.3 Å². The van der Waals surface area contributed by atoms with Crippen LogP contribution in [0.5, 0.6) is 0 Å². The summed E-state index contributed by atoms with van der Waals surface area (Å²) < 4.78 is 0. The number of nitrogens with two attached hydrogens (primary N) is 1. The van der Waals surface area contributed by atoms with Crippen molar-refractivity contribution in [1.29, 1.82) is 0 Å². The third-order valence-electron chi connectivity index (χ3n) is 2.74. The van der Waals surface area contributed by atoms with E-state index in [1.807, 2.05) is 26.1 Å². The molecule has 0 saturated carbocycles. The molecule has 3 nitrogen and oxygen atoms in total. The van der Waals surface area contributed by atoms with Crippen LogP contribution in [0.1, 0.15) is 36.2 Å². The third kappa shape index (κ3) is 4.10. The molecule has 1 aromatic rings. The van der Waals surface area contributed by atoms with E-state index in [1.165, 1.54) is 0 Å². The van der Waals surface area contributed by atoms with Gasteiger partial charge >= 0.3 is 0 Å². The summed E-state index contributed by atoms with van der Waals surface area (Å²) in [4.78, 5) is 13.9. The fourth-order valence-electron chi connectivity index (χ4n) is 1.71. The zero-order valence-corrected chi connectivity index (χ0v) is 11.2. The highest BCUT2D eigenvalue weighted by Gasteiger charge is 2.12. The molecule has 0 aromatic heterocycles. The normalized spacial score (nSPS) is 10.6. The van der Waals surface area contributed by atoms with E-state index in [4.69, 9.17) is 5.73 Å². The summed E-state index contributed by atoms with van der Waals surface area (Å²) in [6.07, 6.45) is 1.02. The van der Waals surface area contributed by atoms with Gasteiger partial charge < -0.3 is 10.6 Å². The second-order valence-corrected chi connectivity index (χ2v) is 5.04. The minimum absolute atomic E-state index is 0.0426. The Morgan fingerprint density at radius 2 is 2.00 bits per heavy atom. The first-order chi connectivity index (χ1) is 7.90. The Hall–Kier alpha value is -1.51. The minimum atomic E-state index is 0.0426. The van der Waals surface area contributed by atoms with Crippen LogP contribution in [0.3, 0.4) is 0 Å². The maximum Gasteiger partial charge on any atom is 0.253 e. The quantitative estimate of drug-likeness (QED) is 0.814. The second kappa shape index (κ2) is 5.71. The van der Waals surface area contributed by atoms with Gasteiger partial charge in [-0.25, -0.2) is 0 Å². The summed E-state index contributed by atoms with van der Waals surface area (Å²) in [5.41, 5.74) is 8.09. The van der Waals surface area contributed by atoms with Gasteiger partial charge in [-0.05, 0) is 43.0 Å². The van der Waals surface area contributed by atoms with Crippen LogP contribution in [0.25, 0.3) is 0 Å². The van der Waals surface area contributed by atoms with Gasteiger partial charge in [-0.1, -0.05) is 13.8 Å². The van der Waals surface area contributed by atoms with Crippen molar-refractivity contribution in [2.24, 2.45) is 5.92 Å². The predicted molar refractivity (Wildman–Crippen MR) is 72.0 cm³/mol. The second-order valence-electron chi connectivity index (χ2n) is 5.04. The van der Waals surface area contributed by atoms with Gasteiger partial charge in [0.1, 0.15) is 0 Å². The van der Waals surface area contributed by atoms with E-state index in [0.29, 0.717) is 17.2 Å². The van der Waals surface area contributed by atoms with Crippen LogP contribution in [0, 0.1) is 12.8 Å². The molecular weight excluding hydrogens is 212 g/mol. The van der Waals surface area contributed by atoms with Gasteiger partial charge in [-0.3, -0.25) is 4.79 Å². The van der Waals surface area contributed by atoms with Crippen LogP contribution >= 0.6 is 0 Å². The largest absolute Gasteiger partial charge is 0.399 e. The third-order valence-corrected chi connectivity index (χ3v) is 2.74. The molecule has 0 aliphatic rings. The minimum Gasteiger partial charge on any atom is -0.399 e. The first-order valence-electron chi connectivity index (χ1n) is 6.02. The Balaban J connectivity index is 2.74. The molecule has 0 spiro atoms. The number of hydrogen-bond acceptors (Lipinski definition) is 2. The molecule has 0 atom stereocenters. The molecule has 0 aliphatic heterocycles. The highest BCUT2D eigenvalue weighted by molar-refractivity contribution is 5.95. The van der Waals surface area contributed by atoms with Gasteiger partial charge in [0.15, 0.2) is 0 Å².